The molecule has 1 aliphatic heterocycles. The van der Waals surface area contributed by atoms with Gasteiger partial charge in [0.25, 0.3) is 0 Å². The maximum atomic E-state index is 13.7. The lowest BCUT2D eigenvalue weighted by molar-refractivity contribution is -0.135. The van der Waals surface area contributed by atoms with Crippen LogP contribution in [0.2, 0.25) is 5.02 Å². The Labute approximate surface area is 191 Å². The van der Waals surface area contributed by atoms with Gasteiger partial charge >= 0.3 is 18.0 Å². The number of carbonyl (C=O) groups excluding carboxylic acids is 1. The first-order valence-corrected chi connectivity index (χ1v) is 11.6. The van der Waals surface area contributed by atoms with E-state index in [-0.39, 0.29) is 35.8 Å². The molecule has 0 aliphatic carbocycles. The van der Waals surface area contributed by atoms with Gasteiger partial charge in [0.15, 0.2) is 9.84 Å². The number of halogens is 1. The molecule has 0 bridgehead atoms. The number of aliphatic carboxylic acids is 2. The number of urea groups is 1. The fourth-order valence-corrected chi connectivity index (χ4v) is 6.24. The second-order valence-corrected chi connectivity index (χ2v) is 10.3. The molecule has 1 aromatic rings. The van der Waals surface area contributed by atoms with E-state index in [1.54, 1.807) is 0 Å². The summed E-state index contributed by atoms with van der Waals surface area (Å²) in [6.07, 6.45) is -0.191. The van der Waals surface area contributed by atoms with Crippen molar-refractivity contribution in [3.63, 3.8) is 0 Å². The summed E-state index contributed by atoms with van der Waals surface area (Å²) in [6, 6.07) is 5.17. The van der Waals surface area contributed by atoms with Gasteiger partial charge in [-0.2, -0.15) is 0 Å². The third kappa shape index (κ3) is 5.40. The van der Waals surface area contributed by atoms with Gasteiger partial charge < -0.3 is 25.3 Å². The molecule has 1 saturated heterocycles. The molecule has 32 heavy (non-hydrogen) atoms. The molecule has 1 aromatic carbocycles. The molecular formula is C20H26ClN3O7S. The van der Waals surface area contributed by atoms with Gasteiger partial charge in [0.05, 0.1) is 15.5 Å². The van der Waals surface area contributed by atoms with E-state index in [0.29, 0.717) is 19.2 Å². The Bertz CT molecular complexity index is 1020. The second-order valence-electron chi connectivity index (χ2n) is 7.65. The lowest BCUT2D eigenvalue weighted by atomic mass is 9.87. The van der Waals surface area contributed by atoms with Crippen molar-refractivity contribution in [3.8, 4) is 0 Å². The maximum Gasteiger partial charge on any atom is 0.333 e. The zero-order valence-electron chi connectivity index (χ0n) is 17.7. The van der Waals surface area contributed by atoms with E-state index in [4.69, 9.17) is 11.6 Å². The molecule has 2 rings (SSSR count). The second kappa shape index (κ2) is 10.3. The van der Waals surface area contributed by atoms with Crippen LogP contribution >= 0.6 is 11.6 Å². The molecule has 0 atom stereocenters. The first-order chi connectivity index (χ1) is 14.9. The molecule has 10 nitrogen and oxygen atoms in total. The molecule has 12 heteroatoms. The summed E-state index contributed by atoms with van der Waals surface area (Å²) in [5, 5.41) is 21.6. The first-order valence-electron chi connectivity index (χ1n) is 9.77. The highest BCUT2D eigenvalue weighted by Gasteiger charge is 2.53. The van der Waals surface area contributed by atoms with Gasteiger partial charge in [0.2, 0.25) is 0 Å². The smallest absolute Gasteiger partial charge is 0.333 e. The highest BCUT2D eigenvalue weighted by atomic mass is 35.5. The lowest BCUT2D eigenvalue weighted by Gasteiger charge is -2.41. The lowest BCUT2D eigenvalue weighted by Crippen LogP contribution is -2.55. The zero-order chi connectivity index (χ0) is 24.1. The number of amides is 2. The zero-order valence-corrected chi connectivity index (χ0v) is 19.3. The van der Waals surface area contributed by atoms with Gasteiger partial charge in [-0.05, 0) is 39.1 Å². The third-order valence-electron chi connectivity index (χ3n) is 5.32. The fourth-order valence-electron chi connectivity index (χ4n) is 3.64. The summed E-state index contributed by atoms with van der Waals surface area (Å²) >= 11 is 6.10. The van der Waals surface area contributed by atoms with E-state index in [0.717, 1.165) is 0 Å². The minimum atomic E-state index is -4.43. The quantitative estimate of drug-likeness (QED) is 0.465. The standard InChI is InChI=1S/C20H26ClN3O7S/c1-23(2)12-9-22-19(29)24-10-7-20(8-11-24,14(18(27)28)13-17(25)26)32(30,31)16-6-4-3-5-15(16)21/h3-6,13H,7-12H2,1-2H3,(H,22,29)(H,25,26)(H,27,28)/b14-13+. The molecule has 1 aliphatic rings. The minimum absolute atomic E-state index is 0.0816. The predicted octanol–water partition coefficient (Wildman–Crippen LogP) is 1.32. The summed E-state index contributed by atoms with van der Waals surface area (Å²) in [7, 11) is -0.730. The summed E-state index contributed by atoms with van der Waals surface area (Å²) in [4.78, 5) is 38.8. The van der Waals surface area contributed by atoms with Crippen LogP contribution in [0.4, 0.5) is 4.79 Å². The summed E-state index contributed by atoms with van der Waals surface area (Å²) < 4.78 is 25.3. The molecular weight excluding hydrogens is 462 g/mol. The molecule has 0 aromatic heterocycles. The largest absolute Gasteiger partial charge is 0.478 e. The van der Waals surface area contributed by atoms with Crippen molar-refractivity contribution in [1.82, 2.24) is 15.1 Å². The van der Waals surface area contributed by atoms with Crippen molar-refractivity contribution < 1.29 is 33.0 Å². The number of hydrogen-bond acceptors (Lipinski definition) is 6. The van der Waals surface area contributed by atoms with Crippen LogP contribution < -0.4 is 5.32 Å². The van der Waals surface area contributed by atoms with Crippen molar-refractivity contribution in [2.75, 3.05) is 40.3 Å². The van der Waals surface area contributed by atoms with E-state index in [1.165, 1.54) is 29.2 Å². The molecule has 0 unspecified atom stereocenters. The Balaban J connectivity index is 2.45. The van der Waals surface area contributed by atoms with Crippen LogP contribution in [-0.4, -0.2) is 91.4 Å². The molecule has 176 valence electrons. The monoisotopic (exact) mass is 487 g/mol. The number of nitrogens with one attached hydrogen (secondary N) is 1. The van der Waals surface area contributed by atoms with Crippen molar-refractivity contribution in [1.29, 1.82) is 0 Å². The van der Waals surface area contributed by atoms with Crippen LogP contribution in [0.1, 0.15) is 12.8 Å². The number of carboxylic acids is 2. The van der Waals surface area contributed by atoms with Crippen LogP contribution in [-0.2, 0) is 19.4 Å². The Hall–Kier alpha value is -2.63. The topological polar surface area (TPSA) is 144 Å². The van der Waals surface area contributed by atoms with E-state index < -0.39 is 38.1 Å². The van der Waals surface area contributed by atoms with Gasteiger partial charge in [-0.3, -0.25) is 0 Å². The minimum Gasteiger partial charge on any atom is -0.478 e. The fraction of sp³-hybridized carbons (Fsp3) is 0.450. The average Bonchev–Trinajstić information content (AvgIpc) is 2.71. The van der Waals surface area contributed by atoms with Crippen LogP contribution in [0, 0.1) is 0 Å². The van der Waals surface area contributed by atoms with Gasteiger partial charge in [-0.15, -0.1) is 0 Å². The van der Waals surface area contributed by atoms with Gasteiger partial charge in [0, 0.05) is 32.3 Å². The summed E-state index contributed by atoms with van der Waals surface area (Å²) in [6.45, 7) is 0.822. The normalized spacial score (nSPS) is 16.6. The van der Waals surface area contributed by atoms with E-state index >= 15 is 0 Å². The molecule has 0 saturated carbocycles. The number of sulfone groups is 1. The van der Waals surface area contributed by atoms with Gasteiger partial charge in [-0.25, -0.2) is 22.8 Å². The highest BCUT2D eigenvalue weighted by Crippen LogP contribution is 2.43. The van der Waals surface area contributed by atoms with Crippen molar-refractivity contribution in [3.05, 3.63) is 40.9 Å². The number of benzene rings is 1. The number of likely N-dealkylation sites (N-methyl/N-ethyl adjacent to an activating group) is 1. The molecule has 3 N–H and O–H groups in total. The molecule has 0 spiro atoms. The van der Waals surface area contributed by atoms with Gasteiger partial charge in [-0.1, -0.05) is 23.7 Å². The number of carboxylic acid groups (broad SMARTS) is 2. The summed E-state index contributed by atoms with van der Waals surface area (Å²) in [5.41, 5.74) is -0.766. The molecule has 2 amide bonds. The third-order valence-corrected chi connectivity index (χ3v) is 8.36. The van der Waals surface area contributed by atoms with Crippen LogP contribution in [0.3, 0.4) is 0 Å². The Morgan fingerprint density at radius 3 is 2.28 bits per heavy atom. The number of rotatable bonds is 8. The first kappa shape index (κ1) is 25.6. The highest BCUT2D eigenvalue weighted by molar-refractivity contribution is 7.93. The average molecular weight is 488 g/mol. The molecule has 1 fully saturated rings. The van der Waals surface area contributed by atoms with E-state index in [9.17, 15) is 33.0 Å². The van der Waals surface area contributed by atoms with Crippen molar-refractivity contribution in [2.24, 2.45) is 0 Å². The SMILES string of the molecule is CN(C)CCNC(=O)N1CCC(/C(=C/C(=O)O)C(=O)O)(S(=O)(=O)c2ccccc2Cl)CC1. The number of carbonyl (C=O) groups is 3. The predicted molar refractivity (Wildman–Crippen MR) is 117 cm³/mol. The Kier molecular flexibility index (Phi) is 8.27. The maximum absolute atomic E-state index is 13.7. The Morgan fingerprint density at radius 2 is 1.78 bits per heavy atom. The number of hydrogen-bond donors (Lipinski definition) is 3. The molecule has 0 radical (unpaired) electrons. The van der Waals surface area contributed by atoms with E-state index in [2.05, 4.69) is 5.32 Å². The summed E-state index contributed by atoms with van der Waals surface area (Å²) in [5.74, 6) is -3.24. The van der Waals surface area contributed by atoms with Crippen molar-refractivity contribution in [2.45, 2.75) is 22.5 Å². The van der Waals surface area contributed by atoms with Crippen LogP contribution in [0.25, 0.3) is 0 Å². The number of piperidine rings is 1. The van der Waals surface area contributed by atoms with Gasteiger partial charge in [0.1, 0.15) is 4.75 Å². The number of likely N-dealkylation sites (tertiary alicyclic amines) is 1. The van der Waals surface area contributed by atoms with Crippen LogP contribution in [0.5, 0.6) is 0 Å². The van der Waals surface area contributed by atoms with Crippen molar-refractivity contribution >= 4 is 39.4 Å². The van der Waals surface area contributed by atoms with E-state index in [1.807, 2.05) is 19.0 Å². The Morgan fingerprint density at radius 1 is 1.19 bits per heavy atom. The number of nitrogens with zero attached hydrogens (tertiary/aromatic N) is 2. The van der Waals surface area contributed by atoms with Crippen LogP contribution in [0.15, 0.2) is 40.8 Å². The molecule has 1 heterocycles.